The molecule has 0 radical (unpaired) electrons. The van der Waals surface area contributed by atoms with Crippen molar-refractivity contribution in [3.8, 4) is 0 Å². The smallest absolute Gasteiger partial charge is 0.0425 e. The van der Waals surface area contributed by atoms with E-state index in [-0.39, 0.29) is 5.54 Å². The zero-order valence-corrected chi connectivity index (χ0v) is 31.0. The molecule has 1 atom stereocenters. The fourth-order valence-corrected chi connectivity index (χ4v) is 7.41. The lowest BCUT2D eigenvalue weighted by Gasteiger charge is -2.41. The number of allylic oxidation sites excluding steroid dienone is 2. The molecule has 0 spiro atoms. The van der Waals surface area contributed by atoms with Crippen LogP contribution >= 0.6 is 0 Å². The molecule has 1 nitrogen and oxygen atoms in total. The Bertz CT molecular complexity index is 620. The molecule has 1 aliphatic rings. The number of likely N-dealkylation sites (N-methyl/N-ethyl adjacent to an activating group) is 1. The molecule has 0 N–H and O–H groups in total. The molecule has 1 heteroatoms. The minimum atomic E-state index is 0.278. The van der Waals surface area contributed by atoms with Gasteiger partial charge in [-0.2, -0.15) is 0 Å². The first-order valence-corrected chi connectivity index (χ1v) is 20.8. The van der Waals surface area contributed by atoms with Crippen LogP contribution in [0.25, 0.3) is 0 Å². The van der Waals surface area contributed by atoms with Crippen LogP contribution in [-0.4, -0.2) is 24.0 Å². The second-order valence-electron chi connectivity index (χ2n) is 14.9. The average molecular weight is 614 g/mol. The van der Waals surface area contributed by atoms with Gasteiger partial charge in [0.25, 0.3) is 0 Å². The summed E-state index contributed by atoms with van der Waals surface area (Å²) in [4.78, 5) is 2.71. The first-order chi connectivity index (χ1) is 21.7. The van der Waals surface area contributed by atoms with Gasteiger partial charge in [-0.25, -0.2) is 0 Å². The van der Waals surface area contributed by atoms with Crippen molar-refractivity contribution in [1.29, 1.82) is 0 Å². The highest BCUT2D eigenvalue weighted by molar-refractivity contribution is 5.21. The van der Waals surface area contributed by atoms with Crippen molar-refractivity contribution in [2.24, 2.45) is 0 Å². The number of nitrogens with zero attached hydrogens (tertiary/aromatic N) is 1. The van der Waals surface area contributed by atoms with Crippen LogP contribution in [0.15, 0.2) is 24.3 Å². The fourth-order valence-electron chi connectivity index (χ4n) is 7.41. The molecule has 0 aromatic carbocycles. The first kappa shape index (κ1) is 41.5. The van der Waals surface area contributed by atoms with E-state index in [9.17, 15) is 0 Å². The Hall–Kier alpha value is -0.560. The summed E-state index contributed by atoms with van der Waals surface area (Å²) in [6, 6.07) is 0. The zero-order chi connectivity index (χ0) is 31.7. The van der Waals surface area contributed by atoms with Gasteiger partial charge in [0.1, 0.15) is 0 Å². The summed E-state index contributed by atoms with van der Waals surface area (Å²) in [6.45, 7) is 5.88. The van der Waals surface area contributed by atoms with Gasteiger partial charge in [-0.3, -0.25) is 4.90 Å². The molecule has 0 amide bonds. The van der Waals surface area contributed by atoms with Gasteiger partial charge in [0.05, 0.1) is 0 Å². The Morgan fingerprint density at radius 3 is 1.05 bits per heavy atom. The van der Waals surface area contributed by atoms with Gasteiger partial charge in [-0.05, 0) is 32.9 Å². The Morgan fingerprint density at radius 2 is 0.727 bits per heavy atom. The van der Waals surface area contributed by atoms with Gasteiger partial charge in [0, 0.05) is 5.54 Å². The lowest BCUT2D eigenvalue weighted by atomic mass is 9.84. The lowest BCUT2D eigenvalue weighted by molar-refractivity contribution is 0.149. The molecule has 0 saturated carbocycles. The third-order valence-corrected chi connectivity index (χ3v) is 10.7. The van der Waals surface area contributed by atoms with Gasteiger partial charge >= 0.3 is 0 Å². The number of hydrogen-bond acceptors (Lipinski definition) is 1. The Morgan fingerprint density at radius 1 is 0.409 bits per heavy atom. The van der Waals surface area contributed by atoms with Crippen molar-refractivity contribution in [1.82, 2.24) is 4.90 Å². The van der Waals surface area contributed by atoms with E-state index < -0.39 is 0 Å². The molecule has 0 heterocycles. The molecule has 0 bridgehead atoms. The fraction of sp³-hybridized carbons (Fsp3) is 0.907. The molecule has 0 aromatic heterocycles. The number of rotatable bonds is 35. The second kappa shape index (κ2) is 32.4. The van der Waals surface area contributed by atoms with Gasteiger partial charge in [-0.1, -0.05) is 237 Å². The van der Waals surface area contributed by atoms with Crippen molar-refractivity contribution < 1.29 is 0 Å². The summed E-state index contributed by atoms with van der Waals surface area (Å²) < 4.78 is 0. The summed E-state index contributed by atoms with van der Waals surface area (Å²) >= 11 is 0. The predicted molar refractivity (Wildman–Crippen MR) is 202 cm³/mol. The summed E-state index contributed by atoms with van der Waals surface area (Å²) in [7, 11) is 2.40. The predicted octanol–water partition coefficient (Wildman–Crippen LogP) is 15.1. The van der Waals surface area contributed by atoms with Gasteiger partial charge in [0.15, 0.2) is 0 Å². The number of unbranched alkanes of at least 4 members (excludes halogenated alkanes) is 30. The minimum absolute atomic E-state index is 0.278. The maximum atomic E-state index is 2.71. The highest BCUT2D eigenvalue weighted by Crippen LogP contribution is 2.31. The molecular formula is C43H83N. The van der Waals surface area contributed by atoms with E-state index in [1.165, 1.54) is 225 Å². The Kier molecular flexibility index (Phi) is 30.5. The van der Waals surface area contributed by atoms with Crippen LogP contribution < -0.4 is 0 Å². The van der Waals surface area contributed by atoms with Crippen LogP contribution in [-0.2, 0) is 0 Å². The minimum Gasteiger partial charge on any atom is -0.297 e. The van der Waals surface area contributed by atoms with E-state index in [0.29, 0.717) is 0 Å². The van der Waals surface area contributed by atoms with Crippen LogP contribution in [0, 0.1) is 0 Å². The van der Waals surface area contributed by atoms with Crippen molar-refractivity contribution in [2.45, 2.75) is 238 Å². The molecule has 0 saturated heterocycles. The van der Waals surface area contributed by atoms with Gasteiger partial charge in [-0.15, -0.1) is 0 Å². The third kappa shape index (κ3) is 24.6. The molecule has 1 aliphatic carbocycles. The van der Waals surface area contributed by atoms with Crippen LogP contribution in [0.3, 0.4) is 0 Å². The van der Waals surface area contributed by atoms with Crippen molar-refractivity contribution >= 4 is 0 Å². The van der Waals surface area contributed by atoms with Crippen LogP contribution in [0.2, 0.25) is 0 Å². The maximum absolute atomic E-state index is 2.71. The molecule has 1 rings (SSSR count). The van der Waals surface area contributed by atoms with Gasteiger partial charge < -0.3 is 0 Å². The SMILES string of the molecule is CCCCCCCCCCCCCCCCCCN(C)C1(CCCCCCCCCCCCCCCCCC)C=CC=CC1. The summed E-state index contributed by atoms with van der Waals surface area (Å²) in [5.41, 5.74) is 0.278. The van der Waals surface area contributed by atoms with Crippen molar-refractivity contribution in [3.63, 3.8) is 0 Å². The molecule has 0 aromatic rings. The van der Waals surface area contributed by atoms with Crippen LogP contribution in [0.1, 0.15) is 232 Å². The normalized spacial score (nSPS) is 16.5. The standard InChI is InChI=1S/C43H83N/c1-4-6-8-10-12-14-16-18-20-22-24-26-28-30-32-35-39-43(40-36-34-37-41-43)44(3)42-38-33-31-29-27-25-23-21-19-17-15-13-11-9-7-5-2/h34,36-37,40H,4-33,35,38-39,41-42H2,1-3H3. The van der Waals surface area contributed by atoms with E-state index in [2.05, 4.69) is 50.1 Å². The quantitative estimate of drug-likeness (QED) is 0.0643. The first-order valence-electron chi connectivity index (χ1n) is 20.8. The summed E-state index contributed by atoms with van der Waals surface area (Å²) in [5.74, 6) is 0. The highest BCUT2D eigenvalue weighted by atomic mass is 15.2. The maximum Gasteiger partial charge on any atom is 0.0425 e. The molecule has 0 aliphatic heterocycles. The van der Waals surface area contributed by atoms with Crippen molar-refractivity contribution in [3.05, 3.63) is 24.3 Å². The van der Waals surface area contributed by atoms with E-state index in [0.717, 1.165) is 0 Å². The van der Waals surface area contributed by atoms with Crippen molar-refractivity contribution in [2.75, 3.05) is 13.6 Å². The van der Waals surface area contributed by atoms with E-state index in [1.54, 1.807) is 0 Å². The summed E-state index contributed by atoms with van der Waals surface area (Å²) in [6.07, 6.45) is 58.5. The van der Waals surface area contributed by atoms with Crippen LogP contribution in [0.4, 0.5) is 0 Å². The van der Waals surface area contributed by atoms with E-state index in [1.807, 2.05) is 0 Å². The number of hydrogen-bond donors (Lipinski definition) is 0. The molecule has 44 heavy (non-hydrogen) atoms. The molecular weight excluding hydrogens is 530 g/mol. The highest BCUT2D eigenvalue weighted by Gasteiger charge is 2.30. The third-order valence-electron chi connectivity index (χ3n) is 10.7. The average Bonchev–Trinajstić information content (AvgIpc) is 3.04. The lowest BCUT2D eigenvalue weighted by Crippen LogP contribution is -2.45. The zero-order valence-electron chi connectivity index (χ0n) is 31.0. The van der Waals surface area contributed by atoms with E-state index >= 15 is 0 Å². The van der Waals surface area contributed by atoms with Gasteiger partial charge in [0.2, 0.25) is 0 Å². The molecule has 0 fully saturated rings. The largest absolute Gasteiger partial charge is 0.297 e. The topological polar surface area (TPSA) is 3.24 Å². The Balaban J connectivity index is 1.97. The molecule has 260 valence electrons. The second-order valence-corrected chi connectivity index (χ2v) is 14.9. The van der Waals surface area contributed by atoms with Crippen LogP contribution in [0.5, 0.6) is 0 Å². The molecule has 1 unspecified atom stereocenters. The Labute approximate surface area is 279 Å². The van der Waals surface area contributed by atoms with E-state index in [4.69, 9.17) is 0 Å². The monoisotopic (exact) mass is 614 g/mol. The summed E-state index contributed by atoms with van der Waals surface area (Å²) in [5, 5.41) is 0.